The SMILES string of the molecule is O=C(NC1CCC[C@@H]1Nc1ncc(C(F)(F)F)cc1F)c1cc(F)ccc1-c1ncccn1. The van der Waals surface area contributed by atoms with Crippen LogP contribution in [0.15, 0.2) is 48.9 Å². The first-order valence-corrected chi connectivity index (χ1v) is 10.1. The molecule has 33 heavy (non-hydrogen) atoms. The molecule has 1 saturated carbocycles. The van der Waals surface area contributed by atoms with Crippen molar-refractivity contribution in [1.29, 1.82) is 0 Å². The van der Waals surface area contributed by atoms with Gasteiger partial charge in [0.25, 0.3) is 5.91 Å². The maximum atomic E-state index is 14.2. The molecule has 2 atom stereocenters. The molecule has 0 bridgehead atoms. The quantitative estimate of drug-likeness (QED) is 0.541. The lowest BCUT2D eigenvalue weighted by Crippen LogP contribution is -2.43. The third-order valence-electron chi connectivity index (χ3n) is 5.36. The van der Waals surface area contributed by atoms with Gasteiger partial charge >= 0.3 is 6.18 Å². The molecule has 172 valence electrons. The van der Waals surface area contributed by atoms with Crippen LogP contribution >= 0.6 is 0 Å². The fourth-order valence-corrected chi connectivity index (χ4v) is 3.76. The maximum absolute atomic E-state index is 14.2. The minimum absolute atomic E-state index is 0.0330. The number of carbonyl (C=O) groups excluding carboxylic acids is 1. The molecular formula is C22H18F5N5O. The fraction of sp³-hybridized carbons (Fsp3) is 0.273. The highest BCUT2D eigenvalue weighted by Gasteiger charge is 2.34. The van der Waals surface area contributed by atoms with Gasteiger partial charge in [-0.05, 0) is 49.6 Å². The van der Waals surface area contributed by atoms with E-state index in [-0.39, 0.29) is 17.2 Å². The highest BCUT2D eigenvalue weighted by Crippen LogP contribution is 2.31. The lowest BCUT2D eigenvalue weighted by atomic mass is 10.0. The number of aromatic nitrogens is 3. The third-order valence-corrected chi connectivity index (χ3v) is 5.36. The van der Waals surface area contributed by atoms with E-state index in [1.807, 2.05) is 0 Å². The number of nitrogens with one attached hydrogen (secondary N) is 2. The van der Waals surface area contributed by atoms with Gasteiger partial charge in [0, 0.05) is 36.2 Å². The summed E-state index contributed by atoms with van der Waals surface area (Å²) in [5, 5.41) is 5.59. The summed E-state index contributed by atoms with van der Waals surface area (Å²) in [7, 11) is 0. The predicted octanol–water partition coefficient (Wildman–Crippen LogP) is 4.60. The Balaban J connectivity index is 1.52. The largest absolute Gasteiger partial charge is 0.417 e. The minimum atomic E-state index is -4.71. The number of benzene rings is 1. The van der Waals surface area contributed by atoms with E-state index in [1.54, 1.807) is 6.07 Å². The second-order valence-corrected chi connectivity index (χ2v) is 7.58. The van der Waals surface area contributed by atoms with Gasteiger partial charge in [0.1, 0.15) is 5.82 Å². The fourth-order valence-electron chi connectivity index (χ4n) is 3.76. The Morgan fingerprint density at radius 2 is 1.73 bits per heavy atom. The maximum Gasteiger partial charge on any atom is 0.417 e. The number of halogens is 5. The zero-order valence-electron chi connectivity index (χ0n) is 17.0. The molecule has 1 aromatic carbocycles. The van der Waals surface area contributed by atoms with E-state index < -0.39 is 41.4 Å². The van der Waals surface area contributed by atoms with Gasteiger partial charge in [-0.2, -0.15) is 13.2 Å². The Labute approximate surface area is 185 Å². The summed E-state index contributed by atoms with van der Waals surface area (Å²) >= 11 is 0. The minimum Gasteiger partial charge on any atom is -0.363 e. The first kappa shape index (κ1) is 22.6. The molecule has 6 nitrogen and oxygen atoms in total. The van der Waals surface area contributed by atoms with Crippen LogP contribution in [0.1, 0.15) is 35.2 Å². The molecule has 4 rings (SSSR count). The number of hydrogen-bond donors (Lipinski definition) is 2. The van der Waals surface area contributed by atoms with Gasteiger partial charge < -0.3 is 10.6 Å². The summed E-state index contributed by atoms with van der Waals surface area (Å²) in [6.07, 6.45) is 0.589. The molecule has 2 aromatic heterocycles. The average molecular weight is 463 g/mol. The van der Waals surface area contributed by atoms with E-state index in [2.05, 4.69) is 25.6 Å². The predicted molar refractivity (Wildman–Crippen MR) is 109 cm³/mol. The van der Waals surface area contributed by atoms with Gasteiger partial charge in [0.05, 0.1) is 11.1 Å². The standard InChI is InChI=1S/C22H18F5N5O/c23-13-5-6-14(19-28-7-2-8-29-19)15(10-13)21(33)32-18-4-1-3-17(18)31-20-16(24)9-12(11-30-20)22(25,26)27/h2,5-11,17-18H,1,3-4H2,(H,30,31)(H,32,33)/t17-,18?/m0/s1. The van der Waals surface area contributed by atoms with Crippen molar-refractivity contribution >= 4 is 11.7 Å². The van der Waals surface area contributed by atoms with Crippen LogP contribution in [0.2, 0.25) is 0 Å². The number of amides is 1. The summed E-state index contributed by atoms with van der Waals surface area (Å²) in [6.45, 7) is 0. The second-order valence-electron chi connectivity index (χ2n) is 7.58. The lowest BCUT2D eigenvalue weighted by molar-refractivity contribution is -0.138. The van der Waals surface area contributed by atoms with Gasteiger partial charge in [-0.25, -0.2) is 23.7 Å². The molecule has 1 unspecified atom stereocenters. The summed E-state index contributed by atoms with van der Waals surface area (Å²) in [6, 6.07) is 4.71. The van der Waals surface area contributed by atoms with Gasteiger partial charge in [0.2, 0.25) is 0 Å². The summed E-state index contributed by atoms with van der Waals surface area (Å²) in [4.78, 5) is 24.8. The van der Waals surface area contributed by atoms with Crippen LogP contribution < -0.4 is 10.6 Å². The van der Waals surface area contributed by atoms with Crippen molar-refractivity contribution in [3.63, 3.8) is 0 Å². The normalized spacial score (nSPS) is 18.2. The Hall–Kier alpha value is -3.63. The van der Waals surface area contributed by atoms with E-state index in [1.165, 1.54) is 24.5 Å². The summed E-state index contributed by atoms with van der Waals surface area (Å²) in [5.74, 6) is -2.41. The topological polar surface area (TPSA) is 79.8 Å². The van der Waals surface area contributed by atoms with Crippen LogP contribution in [0, 0.1) is 11.6 Å². The van der Waals surface area contributed by atoms with Gasteiger partial charge in [-0.3, -0.25) is 4.79 Å². The smallest absolute Gasteiger partial charge is 0.363 e. The van der Waals surface area contributed by atoms with E-state index in [0.29, 0.717) is 37.1 Å². The van der Waals surface area contributed by atoms with E-state index in [4.69, 9.17) is 0 Å². The zero-order valence-corrected chi connectivity index (χ0v) is 17.0. The third kappa shape index (κ3) is 5.07. The first-order valence-electron chi connectivity index (χ1n) is 10.1. The molecule has 2 N–H and O–H groups in total. The van der Waals surface area contributed by atoms with Crippen molar-refractivity contribution in [2.24, 2.45) is 0 Å². The van der Waals surface area contributed by atoms with Crippen molar-refractivity contribution in [2.45, 2.75) is 37.5 Å². The Bertz CT molecular complexity index is 1160. The number of pyridine rings is 1. The number of alkyl halides is 3. The Kier molecular flexibility index (Phi) is 6.21. The lowest BCUT2D eigenvalue weighted by Gasteiger charge is -2.23. The van der Waals surface area contributed by atoms with Crippen molar-refractivity contribution in [1.82, 2.24) is 20.3 Å². The number of carbonyl (C=O) groups is 1. The second kappa shape index (κ2) is 9.08. The van der Waals surface area contributed by atoms with Gasteiger partial charge in [0.15, 0.2) is 17.5 Å². The molecule has 1 fully saturated rings. The van der Waals surface area contributed by atoms with Crippen LogP contribution in [-0.2, 0) is 6.18 Å². The van der Waals surface area contributed by atoms with E-state index in [9.17, 15) is 26.7 Å². The van der Waals surface area contributed by atoms with Crippen LogP contribution in [-0.4, -0.2) is 32.9 Å². The molecule has 1 aliphatic carbocycles. The molecule has 0 radical (unpaired) electrons. The van der Waals surface area contributed by atoms with Gasteiger partial charge in [-0.1, -0.05) is 0 Å². The monoisotopic (exact) mass is 463 g/mol. The number of rotatable bonds is 5. The number of anilines is 1. The molecule has 0 saturated heterocycles. The van der Waals surface area contributed by atoms with Gasteiger partial charge in [-0.15, -0.1) is 0 Å². The highest BCUT2D eigenvalue weighted by atomic mass is 19.4. The van der Waals surface area contributed by atoms with Crippen LogP contribution in [0.4, 0.5) is 27.8 Å². The van der Waals surface area contributed by atoms with Crippen LogP contribution in [0.25, 0.3) is 11.4 Å². The molecule has 11 heteroatoms. The first-order chi connectivity index (χ1) is 15.7. The molecule has 2 heterocycles. The summed E-state index contributed by atoms with van der Waals surface area (Å²) < 4.78 is 66.3. The highest BCUT2D eigenvalue weighted by molar-refractivity contribution is 6.00. The molecule has 1 amide bonds. The zero-order chi connectivity index (χ0) is 23.6. The van der Waals surface area contributed by atoms with Crippen molar-refractivity contribution in [2.75, 3.05) is 5.32 Å². The summed E-state index contributed by atoms with van der Waals surface area (Å²) in [5.41, 5.74) is -0.818. The van der Waals surface area contributed by atoms with E-state index in [0.717, 1.165) is 6.07 Å². The molecular weight excluding hydrogens is 445 g/mol. The molecule has 0 aliphatic heterocycles. The van der Waals surface area contributed by atoms with Crippen LogP contribution in [0.5, 0.6) is 0 Å². The van der Waals surface area contributed by atoms with Crippen molar-refractivity contribution < 1.29 is 26.7 Å². The molecule has 0 spiro atoms. The number of nitrogens with zero attached hydrogens (tertiary/aromatic N) is 3. The Morgan fingerprint density at radius 3 is 2.42 bits per heavy atom. The average Bonchev–Trinajstić information content (AvgIpc) is 3.21. The Morgan fingerprint density at radius 1 is 1.00 bits per heavy atom. The van der Waals surface area contributed by atoms with Crippen LogP contribution in [0.3, 0.4) is 0 Å². The molecule has 1 aliphatic rings. The van der Waals surface area contributed by atoms with E-state index >= 15 is 0 Å². The van der Waals surface area contributed by atoms with Crippen molar-refractivity contribution in [3.8, 4) is 11.4 Å². The van der Waals surface area contributed by atoms with Crippen molar-refractivity contribution in [3.05, 3.63) is 71.7 Å². The molecule has 3 aromatic rings. The number of hydrogen-bond acceptors (Lipinski definition) is 5.